The lowest BCUT2D eigenvalue weighted by Gasteiger charge is -2.10. The zero-order valence-corrected chi connectivity index (χ0v) is 14.0. The molecule has 0 aromatic heterocycles. The van der Waals surface area contributed by atoms with Gasteiger partial charge in [0.1, 0.15) is 6.54 Å². The predicted molar refractivity (Wildman–Crippen MR) is 90.1 cm³/mol. The molecule has 0 aliphatic carbocycles. The molecule has 7 nitrogen and oxygen atoms in total. The molecule has 0 spiro atoms. The monoisotopic (exact) mass is 348 g/mol. The Labute approximate surface area is 143 Å². The third-order valence-corrected chi connectivity index (χ3v) is 3.90. The molecule has 1 N–H and O–H groups in total. The highest BCUT2D eigenvalue weighted by atomic mass is 32.2. The number of rotatable bonds is 5. The molecular formula is C16H16N2O5S. The zero-order chi connectivity index (χ0) is 17.7. The van der Waals surface area contributed by atoms with E-state index in [0.29, 0.717) is 11.3 Å². The summed E-state index contributed by atoms with van der Waals surface area (Å²) in [4.78, 5) is 47.6. The highest BCUT2D eigenvalue weighted by molar-refractivity contribution is 8.18. The van der Waals surface area contributed by atoms with Crippen molar-refractivity contribution in [1.29, 1.82) is 0 Å². The molecule has 1 aromatic rings. The van der Waals surface area contributed by atoms with Crippen molar-refractivity contribution in [1.82, 2.24) is 4.90 Å². The summed E-state index contributed by atoms with van der Waals surface area (Å²) in [6, 6.07) is 6.81. The van der Waals surface area contributed by atoms with Crippen LogP contribution in [0.1, 0.15) is 19.4 Å². The molecule has 3 amide bonds. The second-order valence-corrected chi connectivity index (χ2v) is 5.87. The summed E-state index contributed by atoms with van der Waals surface area (Å²) in [5.74, 6) is -1.33. The second-order valence-electron chi connectivity index (χ2n) is 4.88. The van der Waals surface area contributed by atoms with Crippen LogP contribution in [0.15, 0.2) is 29.2 Å². The van der Waals surface area contributed by atoms with Gasteiger partial charge in [0.2, 0.25) is 5.91 Å². The van der Waals surface area contributed by atoms with Gasteiger partial charge < -0.3 is 10.1 Å². The summed E-state index contributed by atoms with van der Waals surface area (Å²) >= 11 is 0.773. The molecule has 1 fully saturated rings. The number of carbonyl (C=O) groups is 4. The normalized spacial score (nSPS) is 15.8. The SMILES string of the molecule is CCOC(=O)CN1C(=O)S/C(=C\c2ccc(NC(C)=O)cc2)C1=O. The van der Waals surface area contributed by atoms with Crippen LogP contribution in [0.4, 0.5) is 10.5 Å². The number of nitrogens with zero attached hydrogens (tertiary/aromatic N) is 1. The Morgan fingerprint density at radius 2 is 1.92 bits per heavy atom. The van der Waals surface area contributed by atoms with Gasteiger partial charge in [-0.25, -0.2) is 0 Å². The van der Waals surface area contributed by atoms with Gasteiger partial charge in [-0.1, -0.05) is 12.1 Å². The Morgan fingerprint density at radius 3 is 2.50 bits per heavy atom. The van der Waals surface area contributed by atoms with E-state index in [0.717, 1.165) is 16.7 Å². The van der Waals surface area contributed by atoms with E-state index in [4.69, 9.17) is 4.74 Å². The minimum Gasteiger partial charge on any atom is -0.465 e. The van der Waals surface area contributed by atoms with Crippen LogP contribution in [-0.2, 0) is 19.1 Å². The third-order valence-electron chi connectivity index (χ3n) is 2.99. The number of thioether (sulfide) groups is 1. The number of ether oxygens (including phenoxy) is 1. The van der Waals surface area contributed by atoms with E-state index < -0.39 is 23.7 Å². The van der Waals surface area contributed by atoms with Crippen molar-refractivity contribution in [3.05, 3.63) is 34.7 Å². The molecule has 0 radical (unpaired) electrons. The number of anilines is 1. The first kappa shape index (κ1) is 17.7. The van der Waals surface area contributed by atoms with Crippen LogP contribution in [0, 0.1) is 0 Å². The molecule has 126 valence electrons. The van der Waals surface area contributed by atoms with Crippen molar-refractivity contribution in [2.24, 2.45) is 0 Å². The van der Waals surface area contributed by atoms with Gasteiger partial charge >= 0.3 is 5.97 Å². The van der Waals surface area contributed by atoms with E-state index in [1.165, 1.54) is 6.92 Å². The van der Waals surface area contributed by atoms with E-state index >= 15 is 0 Å². The smallest absolute Gasteiger partial charge is 0.326 e. The average Bonchev–Trinajstić information content (AvgIpc) is 2.77. The minimum atomic E-state index is -0.624. The predicted octanol–water partition coefficient (Wildman–Crippen LogP) is 2.24. The number of hydrogen-bond acceptors (Lipinski definition) is 6. The summed E-state index contributed by atoms with van der Waals surface area (Å²) in [6.07, 6.45) is 1.56. The molecule has 0 unspecified atom stereocenters. The first-order valence-electron chi connectivity index (χ1n) is 7.19. The quantitative estimate of drug-likeness (QED) is 0.648. The summed E-state index contributed by atoms with van der Waals surface area (Å²) in [6.45, 7) is 2.85. The van der Waals surface area contributed by atoms with Crippen molar-refractivity contribution in [2.45, 2.75) is 13.8 Å². The lowest BCUT2D eigenvalue weighted by molar-refractivity contribution is -0.146. The molecule has 1 heterocycles. The van der Waals surface area contributed by atoms with Crippen LogP contribution >= 0.6 is 11.8 Å². The molecule has 1 aliphatic heterocycles. The second kappa shape index (κ2) is 7.78. The standard InChI is InChI=1S/C16H16N2O5S/c1-3-23-14(20)9-18-15(21)13(24-16(18)22)8-11-4-6-12(7-5-11)17-10(2)19/h4-8H,3,9H2,1-2H3,(H,17,19)/b13-8-. The van der Waals surface area contributed by atoms with Gasteiger partial charge in [0.05, 0.1) is 11.5 Å². The van der Waals surface area contributed by atoms with Crippen LogP contribution < -0.4 is 5.32 Å². The maximum Gasteiger partial charge on any atom is 0.326 e. The topological polar surface area (TPSA) is 92.8 Å². The molecule has 0 atom stereocenters. The van der Waals surface area contributed by atoms with E-state index in [9.17, 15) is 19.2 Å². The molecule has 2 rings (SSSR count). The fourth-order valence-corrected chi connectivity index (χ4v) is 2.83. The van der Waals surface area contributed by atoms with Gasteiger partial charge in [0.15, 0.2) is 0 Å². The fourth-order valence-electron chi connectivity index (χ4n) is 1.99. The van der Waals surface area contributed by atoms with Crippen LogP contribution in [0.2, 0.25) is 0 Å². The number of imide groups is 1. The molecule has 0 bridgehead atoms. The van der Waals surface area contributed by atoms with Gasteiger partial charge in [-0.3, -0.25) is 24.1 Å². The minimum absolute atomic E-state index is 0.178. The summed E-state index contributed by atoms with van der Waals surface area (Å²) in [5, 5.41) is 2.13. The largest absolute Gasteiger partial charge is 0.465 e. The Balaban J connectivity index is 2.10. The van der Waals surface area contributed by atoms with E-state index in [1.807, 2.05) is 0 Å². The fraction of sp³-hybridized carbons (Fsp3) is 0.250. The number of esters is 1. The third kappa shape index (κ3) is 4.45. The van der Waals surface area contributed by atoms with Crippen LogP contribution in [-0.4, -0.2) is 41.1 Å². The van der Waals surface area contributed by atoms with E-state index in [1.54, 1.807) is 37.3 Å². The van der Waals surface area contributed by atoms with Crippen molar-refractivity contribution in [2.75, 3.05) is 18.5 Å². The van der Waals surface area contributed by atoms with Gasteiger partial charge in [-0.05, 0) is 42.5 Å². The average molecular weight is 348 g/mol. The van der Waals surface area contributed by atoms with Crippen LogP contribution in [0.5, 0.6) is 0 Å². The zero-order valence-electron chi connectivity index (χ0n) is 13.2. The highest BCUT2D eigenvalue weighted by Crippen LogP contribution is 2.32. The van der Waals surface area contributed by atoms with Crippen molar-refractivity contribution in [3.63, 3.8) is 0 Å². The Hall–Kier alpha value is -2.61. The van der Waals surface area contributed by atoms with Crippen molar-refractivity contribution < 1.29 is 23.9 Å². The number of carbonyl (C=O) groups excluding carboxylic acids is 4. The molecule has 1 aliphatic rings. The number of amides is 3. The van der Waals surface area contributed by atoms with Crippen molar-refractivity contribution >= 4 is 46.5 Å². The Bertz CT molecular complexity index is 712. The maximum absolute atomic E-state index is 12.2. The maximum atomic E-state index is 12.2. The highest BCUT2D eigenvalue weighted by Gasteiger charge is 2.36. The van der Waals surface area contributed by atoms with Gasteiger partial charge in [-0.2, -0.15) is 0 Å². The first-order valence-corrected chi connectivity index (χ1v) is 8.01. The van der Waals surface area contributed by atoms with E-state index in [2.05, 4.69) is 5.32 Å². The molecular weight excluding hydrogens is 332 g/mol. The Kier molecular flexibility index (Phi) is 5.75. The Morgan fingerprint density at radius 1 is 1.25 bits per heavy atom. The number of nitrogens with one attached hydrogen (secondary N) is 1. The molecule has 0 saturated carbocycles. The molecule has 24 heavy (non-hydrogen) atoms. The summed E-state index contributed by atoms with van der Waals surface area (Å²) in [7, 11) is 0. The molecule has 1 aromatic carbocycles. The number of hydrogen-bond donors (Lipinski definition) is 1. The number of benzene rings is 1. The van der Waals surface area contributed by atoms with Crippen LogP contribution in [0.25, 0.3) is 6.08 Å². The van der Waals surface area contributed by atoms with Crippen LogP contribution in [0.3, 0.4) is 0 Å². The summed E-state index contributed by atoms with van der Waals surface area (Å²) < 4.78 is 4.75. The van der Waals surface area contributed by atoms with Gasteiger partial charge in [-0.15, -0.1) is 0 Å². The summed E-state index contributed by atoms with van der Waals surface area (Å²) in [5.41, 5.74) is 1.33. The lowest BCUT2D eigenvalue weighted by Crippen LogP contribution is -2.34. The van der Waals surface area contributed by atoms with Gasteiger partial charge in [0.25, 0.3) is 11.1 Å². The van der Waals surface area contributed by atoms with E-state index in [-0.39, 0.29) is 17.4 Å². The van der Waals surface area contributed by atoms with Gasteiger partial charge in [0, 0.05) is 12.6 Å². The lowest BCUT2D eigenvalue weighted by atomic mass is 10.2. The van der Waals surface area contributed by atoms with Crippen molar-refractivity contribution in [3.8, 4) is 0 Å². The molecule has 8 heteroatoms. The first-order chi connectivity index (χ1) is 11.4. The molecule has 1 saturated heterocycles.